The molecule has 0 atom stereocenters. The van der Waals surface area contributed by atoms with Gasteiger partial charge in [-0.2, -0.15) is 0 Å². The van der Waals surface area contributed by atoms with Crippen molar-refractivity contribution in [2.45, 2.75) is 13.8 Å². The van der Waals surface area contributed by atoms with Gasteiger partial charge in [-0.25, -0.2) is 9.78 Å². The Morgan fingerprint density at radius 2 is 1.89 bits per heavy atom. The summed E-state index contributed by atoms with van der Waals surface area (Å²) in [5, 5.41) is 12.1. The van der Waals surface area contributed by atoms with E-state index in [-0.39, 0.29) is 5.56 Å². The first-order valence-corrected chi connectivity index (χ1v) is 5.60. The Morgan fingerprint density at radius 3 is 2.50 bits per heavy atom. The van der Waals surface area contributed by atoms with Gasteiger partial charge in [-0.05, 0) is 49.2 Å². The molecule has 2 rings (SSSR count). The maximum Gasteiger partial charge on any atom is 0.339 e. The lowest BCUT2D eigenvalue weighted by Crippen LogP contribution is -2.04. The first kappa shape index (κ1) is 12.1. The summed E-state index contributed by atoms with van der Waals surface area (Å²) in [7, 11) is 0. The second-order valence-corrected chi connectivity index (χ2v) is 4.21. The molecule has 0 aliphatic carbocycles. The number of hydrogen-bond acceptors (Lipinski definition) is 3. The Kier molecular flexibility index (Phi) is 3.28. The van der Waals surface area contributed by atoms with Gasteiger partial charge < -0.3 is 10.4 Å². The molecule has 4 heteroatoms. The van der Waals surface area contributed by atoms with Crippen LogP contribution in [0.3, 0.4) is 0 Å². The highest BCUT2D eigenvalue weighted by molar-refractivity contribution is 5.93. The number of aryl methyl sites for hydroxylation is 2. The molecular formula is C14H14N2O2. The van der Waals surface area contributed by atoms with Crippen LogP contribution in [0.2, 0.25) is 0 Å². The van der Waals surface area contributed by atoms with Gasteiger partial charge in [-0.1, -0.05) is 6.07 Å². The minimum absolute atomic E-state index is 0.164. The summed E-state index contributed by atoms with van der Waals surface area (Å²) in [5.74, 6) is -0.634. The van der Waals surface area contributed by atoms with Crippen LogP contribution < -0.4 is 5.32 Å². The average molecular weight is 242 g/mol. The van der Waals surface area contributed by atoms with Gasteiger partial charge in [-0.3, -0.25) is 0 Å². The maximum absolute atomic E-state index is 11.1. The van der Waals surface area contributed by atoms with Crippen LogP contribution in [0.1, 0.15) is 21.5 Å². The number of pyridine rings is 1. The molecule has 0 radical (unpaired) electrons. The van der Waals surface area contributed by atoms with Crippen molar-refractivity contribution in [1.82, 2.24) is 4.98 Å². The molecule has 18 heavy (non-hydrogen) atoms. The highest BCUT2D eigenvalue weighted by Crippen LogP contribution is 2.20. The third-order valence-electron chi connectivity index (χ3n) is 2.52. The molecule has 2 aromatic rings. The van der Waals surface area contributed by atoms with E-state index < -0.39 is 5.97 Å². The quantitative estimate of drug-likeness (QED) is 0.868. The zero-order valence-corrected chi connectivity index (χ0v) is 10.3. The van der Waals surface area contributed by atoms with E-state index in [0.717, 1.165) is 16.8 Å². The molecule has 0 bridgehead atoms. The number of nitrogens with one attached hydrogen (secondary N) is 1. The van der Waals surface area contributed by atoms with Crippen molar-refractivity contribution >= 4 is 17.5 Å². The Labute approximate surface area is 105 Å². The summed E-state index contributed by atoms with van der Waals surface area (Å²) in [6, 6.07) is 9.10. The first-order valence-electron chi connectivity index (χ1n) is 5.60. The Morgan fingerprint density at radius 1 is 1.22 bits per heavy atom. The van der Waals surface area contributed by atoms with Crippen LogP contribution in [0.5, 0.6) is 0 Å². The number of carboxylic acids is 1. The van der Waals surface area contributed by atoms with Crippen LogP contribution in [0.4, 0.5) is 11.5 Å². The number of aromatic nitrogens is 1. The molecule has 4 nitrogen and oxygen atoms in total. The zero-order valence-electron chi connectivity index (χ0n) is 10.3. The average Bonchev–Trinajstić information content (AvgIpc) is 2.27. The lowest BCUT2D eigenvalue weighted by atomic mass is 10.1. The molecule has 0 spiro atoms. The van der Waals surface area contributed by atoms with E-state index in [1.165, 1.54) is 6.07 Å². The van der Waals surface area contributed by atoms with Gasteiger partial charge >= 0.3 is 5.97 Å². The molecule has 0 saturated carbocycles. The molecule has 0 amide bonds. The van der Waals surface area contributed by atoms with Crippen molar-refractivity contribution in [2.75, 3.05) is 5.32 Å². The summed E-state index contributed by atoms with van der Waals surface area (Å²) < 4.78 is 0. The van der Waals surface area contributed by atoms with Gasteiger partial charge in [0.25, 0.3) is 0 Å². The first-order chi connectivity index (χ1) is 8.56. The maximum atomic E-state index is 11.1. The fraction of sp³-hybridized carbons (Fsp3) is 0.143. The Bertz CT molecular complexity index is 574. The van der Waals surface area contributed by atoms with E-state index in [4.69, 9.17) is 5.11 Å². The van der Waals surface area contributed by atoms with E-state index in [2.05, 4.69) is 16.4 Å². The number of benzene rings is 1. The van der Waals surface area contributed by atoms with Gasteiger partial charge in [0.1, 0.15) is 11.4 Å². The SMILES string of the molecule is Cc1cc(C)cc(Nc2ncccc2C(=O)O)c1. The number of anilines is 2. The number of carboxylic acid groups (broad SMARTS) is 1. The van der Waals surface area contributed by atoms with Crippen LogP contribution in [0.15, 0.2) is 36.5 Å². The van der Waals surface area contributed by atoms with Crippen LogP contribution in [-0.4, -0.2) is 16.1 Å². The van der Waals surface area contributed by atoms with Gasteiger partial charge in [0.05, 0.1) is 0 Å². The Hall–Kier alpha value is -2.36. The number of aromatic carboxylic acids is 1. The third-order valence-corrected chi connectivity index (χ3v) is 2.52. The van der Waals surface area contributed by atoms with Crippen molar-refractivity contribution in [2.24, 2.45) is 0 Å². The van der Waals surface area contributed by atoms with E-state index >= 15 is 0 Å². The summed E-state index contributed by atoms with van der Waals surface area (Å²) >= 11 is 0. The minimum Gasteiger partial charge on any atom is -0.478 e. The van der Waals surface area contributed by atoms with Crippen LogP contribution >= 0.6 is 0 Å². The largest absolute Gasteiger partial charge is 0.478 e. The number of carbonyl (C=O) groups is 1. The second kappa shape index (κ2) is 4.87. The number of rotatable bonds is 3. The van der Waals surface area contributed by atoms with E-state index in [9.17, 15) is 4.79 Å². The molecule has 92 valence electrons. The summed E-state index contributed by atoms with van der Waals surface area (Å²) in [4.78, 5) is 15.1. The van der Waals surface area contributed by atoms with Gasteiger partial charge in [-0.15, -0.1) is 0 Å². The fourth-order valence-corrected chi connectivity index (χ4v) is 1.86. The molecule has 2 N–H and O–H groups in total. The zero-order chi connectivity index (χ0) is 13.1. The van der Waals surface area contributed by atoms with Crippen LogP contribution in [0, 0.1) is 13.8 Å². The summed E-state index contributed by atoms with van der Waals surface area (Å²) in [6.07, 6.45) is 1.57. The number of hydrogen-bond donors (Lipinski definition) is 2. The predicted octanol–water partition coefficient (Wildman–Crippen LogP) is 3.14. The van der Waals surface area contributed by atoms with Gasteiger partial charge in [0.15, 0.2) is 0 Å². The molecule has 0 saturated heterocycles. The van der Waals surface area contributed by atoms with Crippen molar-refractivity contribution in [3.63, 3.8) is 0 Å². The second-order valence-electron chi connectivity index (χ2n) is 4.21. The topological polar surface area (TPSA) is 62.2 Å². The van der Waals surface area contributed by atoms with E-state index in [1.807, 2.05) is 26.0 Å². The molecular weight excluding hydrogens is 228 g/mol. The van der Waals surface area contributed by atoms with Crippen molar-refractivity contribution in [3.8, 4) is 0 Å². The normalized spacial score (nSPS) is 10.1. The summed E-state index contributed by atoms with van der Waals surface area (Å²) in [5.41, 5.74) is 3.24. The van der Waals surface area contributed by atoms with Crippen molar-refractivity contribution in [1.29, 1.82) is 0 Å². The number of nitrogens with zero attached hydrogens (tertiary/aromatic N) is 1. The van der Waals surface area contributed by atoms with Gasteiger partial charge in [0.2, 0.25) is 0 Å². The van der Waals surface area contributed by atoms with Crippen molar-refractivity contribution < 1.29 is 9.90 Å². The standard InChI is InChI=1S/C14H14N2O2/c1-9-6-10(2)8-11(7-9)16-13-12(14(17)18)4-3-5-15-13/h3-8H,1-2H3,(H,15,16)(H,17,18). The van der Waals surface area contributed by atoms with Gasteiger partial charge in [0, 0.05) is 11.9 Å². The lowest BCUT2D eigenvalue weighted by Gasteiger charge is -2.09. The molecule has 1 aromatic heterocycles. The molecule has 0 fully saturated rings. The third kappa shape index (κ3) is 2.66. The molecule has 0 aliphatic heterocycles. The minimum atomic E-state index is -0.991. The van der Waals surface area contributed by atoms with E-state index in [1.54, 1.807) is 12.3 Å². The monoisotopic (exact) mass is 242 g/mol. The van der Waals surface area contributed by atoms with E-state index in [0.29, 0.717) is 5.82 Å². The molecule has 0 unspecified atom stereocenters. The summed E-state index contributed by atoms with van der Waals surface area (Å²) in [6.45, 7) is 3.99. The molecule has 1 aromatic carbocycles. The predicted molar refractivity (Wildman–Crippen MR) is 70.4 cm³/mol. The van der Waals surface area contributed by atoms with Crippen molar-refractivity contribution in [3.05, 3.63) is 53.2 Å². The fourth-order valence-electron chi connectivity index (χ4n) is 1.86. The van der Waals surface area contributed by atoms with Crippen LogP contribution in [-0.2, 0) is 0 Å². The smallest absolute Gasteiger partial charge is 0.339 e. The molecule has 0 aliphatic rings. The molecule has 1 heterocycles. The van der Waals surface area contributed by atoms with Crippen LogP contribution in [0.25, 0.3) is 0 Å². The Balaban J connectivity index is 2.37. The highest BCUT2D eigenvalue weighted by Gasteiger charge is 2.10. The lowest BCUT2D eigenvalue weighted by molar-refractivity contribution is 0.0697. The highest BCUT2D eigenvalue weighted by atomic mass is 16.4.